The molecule has 0 bridgehead atoms. The van der Waals surface area contributed by atoms with Crippen molar-refractivity contribution in [3.05, 3.63) is 52.5 Å². The molecular formula is C14H15BrSi. The highest BCUT2D eigenvalue weighted by atomic mass is 79.9. The Labute approximate surface area is 108 Å². The molecule has 2 aromatic carbocycles. The first-order valence-corrected chi connectivity index (χ1v) is 7.36. The van der Waals surface area contributed by atoms with Crippen LogP contribution in [0.25, 0.3) is 16.0 Å². The van der Waals surface area contributed by atoms with Crippen molar-refractivity contribution in [3.63, 3.8) is 0 Å². The molecule has 0 aliphatic rings. The van der Waals surface area contributed by atoms with Gasteiger partial charge in [-0.25, -0.2) is 0 Å². The second-order valence-corrected chi connectivity index (χ2v) is 5.87. The molecule has 0 heterocycles. The zero-order valence-electron chi connectivity index (χ0n) is 9.63. The van der Waals surface area contributed by atoms with Crippen molar-refractivity contribution in [3.8, 4) is 0 Å². The SMILES string of the molecule is CCC(Br)=C([SiH3])c1cccc2ccccc12. The van der Waals surface area contributed by atoms with Gasteiger partial charge >= 0.3 is 0 Å². The van der Waals surface area contributed by atoms with Crippen LogP contribution in [-0.4, -0.2) is 10.2 Å². The van der Waals surface area contributed by atoms with Gasteiger partial charge in [0.25, 0.3) is 0 Å². The van der Waals surface area contributed by atoms with E-state index in [4.69, 9.17) is 0 Å². The van der Waals surface area contributed by atoms with Crippen LogP contribution < -0.4 is 0 Å². The summed E-state index contributed by atoms with van der Waals surface area (Å²) in [6.45, 7) is 2.19. The molecule has 2 aromatic rings. The van der Waals surface area contributed by atoms with E-state index in [1.165, 1.54) is 26.0 Å². The lowest BCUT2D eigenvalue weighted by atomic mass is 10.0. The highest BCUT2D eigenvalue weighted by molar-refractivity contribution is 9.11. The van der Waals surface area contributed by atoms with Gasteiger partial charge in [-0.05, 0) is 27.2 Å². The number of benzene rings is 2. The molecule has 0 N–H and O–H groups in total. The number of allylic oxidation sites excluding steroid dienone is 1. The Morgan fingerprint density at radius 2 is 1.81 bits per heavy atom. The lowest BCUT2D eigenvalue weighted by Gasteiger charge is -2.09. The summed E-state index contributed by atoms with van der Waals surface area (Å²) in [5, 5.41) is 4.16. The molecule has 0 unspecified atom stereocenters. The van der Waals surface area contributed by atoms with Crippen molar-refractivity contribution in [1.29, 1.82) is 0 Å². The van der Waals surface area contributed by atoms with Crippen molar-refractivity contribution in [2.45, 2.75) is 13.3 Å². The lowest BCUT2D eigenvalue weighted by Crippen LogP contribution is -1.88. The predicted octanol–water partition coefficient (Wildman–Crippen LogP) is 3.68. The quantitative estimate of drug-likeness (QED) is 0.740. The van der Waals surface area contributed by atoms with E-state index in [-0.39, 0.29) is 0 Å². The number of fused-ring (bicyclic) bond motifs is 1. The molecule has 0 spiro atoms. The van der Waals surface area contributed by atoms with Crippen molar-refractivity contribution in [2.75, 3.05) is 0 Å². The van der Waals surface area contributed by atoms with Crippen LogP contribution in [0.1, 0.15) is 18.9 Å². The highest BCUT2D eigenvalue weighted by Gasteiger charge is 2.04. The Hall–Kier alpha value is -0.863. The molecule has 2 heteroatoms. The standard InChI is InChI=1S/C14H15BrSi/c1-2-13(15)14(16)12-9-5-7-10-6-3-4-8-11(10)12/h3-9H,2H2,1,16H3. The molecule has 0 aliphatic carbocycles. The fourth-order valence-electron chi connectivity index (χ4n) is 1.96. The van der Waals surface area contributed by atoms with Gasteiger partial charge in [0.15, 0.2) is 0 Å². The third-order valence-corrected chi connectivity index (χ3v) is 5.94. The van der Waals surface area contributed by atoms with E-state index < -0.39 is 0 Å². The summed E-state index contributed by atoms with van der Waals surface area (Å²) in [5.74, 6) is 0. The van der Waals surface area contributed by atoms with E-state index >= 15 is 0 Å². The summed E-state index contributed by atoms with van der Waals surface area (Å²) in [6, 6.07) is 15.1. The van der Waals surface area contributed by atoms with Gasteiger partial charge in [0.2, 0.25) is 0 Å². The van der Waals surface area contributed by atoms with Crippen LogP contribution in [-0.2, 0) is 0 Å². The zero-order valence-corrected chi connectivity index (χ0v) is 13.2. The highest BCUT2D eigenvalue weighted by Crippen LogP contribution is 2.28. The summed E-state index contributed by atoms with van der Waals surface area (Å²) in [7, 11) is 1.07. The molecule has 0 amide bonds. The molecule has 82 valence electrons. The maximum atomic E-state index is 3.68. The second kappa shape index (κ2) is 4.98. The lowest BCUT2D eigenvalue weighted by molar-refractivity contribution is 1.21. The van der Waals surface area contributed by atoms with Gasteiger partial charge in [-0.3, -0.25) is 0 Å². The van der Waals surface area contributed by atoms with Crippen LogP contribution in [0.2, 0.25) is 0 Å². The predicted molar refractivity (Wildman–Crippen MR) is 80.0 cm³/mol. The molecular weight excluding hydrogens is 276 g/mol. The maximum Gasteiger partial charge on any atom is 0.0403 e. The molecule has 2 rings (SSSR count). The van der Waals surface area contributed by atoms with Crippen LogP contribution in [0.5, 0.6) is 0 Å². The van der Waals surface area contributed by atoms with Crippen molar-refractivity contribution >= 4 is 42.1 Å². The molecule has 0 atom stereocenters. The second-order valence-electron chi connectivity index (χ2n) is 3.91. The van der Waals surface area contributed by atoms with E-state index in [2.05, 4.69) is 65.3 Å². The molecule has 0 aromatic heterocycles. The first-order chi connectivity index (χ1) is 7.74. The van der Waals surface area contributed by atoms with E-state index in [0.29, 0.717) is 0 Å². The van der Waals surface area contributed by atoms with Crippen LogP contribution in [0.3, 0.4) is 0 Å². The van der Waals surface area contributed by atoms with Gasteiger partial charge in [0.1, 0.15) is 0 Å². The summed E-state index contributed by atoms with van der Waals surface area (Å²) in [6.07, 6.45) is 1.07. The van der Waals surface area contributed by atoms with Gasteiger partial charge in [0, 0.05) is 10.2 Å². The van der Waals surface area contributed by atoms with Crippen LogP contribution >= 0.6 is 15.9 Å². The fraction of sp³-hybridized carbons (Fsp3) is 0.143. The monoisotopic (exact) mass is 290 g/mol. The minimum atomic E-state index is 1.07. The summed E-state index contributed by atoms with van der Waals surface area (Å²) in [5.41, 5.74) is 1.39. The molecule has 0 nitrogen and oxygen atoms in total. The number of hydrogen-bond donors (Lipinski definition) is 0. The van der Waals surface area contributed by atoms with E-state index in [9.17, 15) is 0 Å². The first-order valence-electron chi connectivity index (χ1n) is 5.57. The molecule has 0 fully saturated rings. The average molecular weight is 291 g/mol. The zero-order chi connectivity index (χ0) is 11.5. The van der Waals surface area contributed by atoms with Crippen molar-refractivity contribution in [1.82, 2.24) is 0 Å². The molecule has 0 saturated carbocycles. The van der Waals surface area contributed by atoms with Crippen LogP contribution in [0, 0.1) is 0 Å². The van der Waals surface area contributed by atoms with Gasteiger partial charge in [-0.2, -0.15) is 0 Å². The Balaban J connectivity index is 2.70. The smallest absolute Gasteiger partial charge is 0.0403 e. The first kappa shape index (κ1) is 11.6. The summed E-state index contributed by atoms with van der Waals surface area (Å²) >= 11 is 3.68. The Bertz CT molecular complexity index is 538. The largest absolute Gasteiger partial charge is 0.0616 e. The minimum Gasteiger partial charge on any atom is -0.0616 e. The fourth-order valence-corrected chi connectivity index (χ4v) is 2.97. The van der Waals surface area contributed by atoms with Gasteiger partial charge in [-0.1, -0.05) is 70.5 Å². The number of rotatable bonds is 2. The number of hydrogen-bond acceptors (Lipinski definition) is 0. The van der Waals surface area contributed by atoms with Crippen LogP contribution in [0.4, 0.5) is 0 Å². The molecule has 0 radical (unpaired) electrons. The van der Waals surface area contributed by atoms with Gasteiger partial charge in [0.05, 0.1) is 0 Å². The Morgan fingerprint density at radius 1 is 1.12 bits per heavy atom. The van der Waals surface area contributed by atoms with Crippen LogP contribution in [0.15, 0.2) is 46.9 Å². The van der Waals surface area contributed by atoms with E-state index in [1.807, 2.05) is 0 Å². The van der Waals surface area contributed by atoms with E-state index in [0.717, 1.165) is 16.7 Å². The maximum absolute atomic E-state index is 3.68. The van der Waals surface area contributed by atoms with E-state index in [1.54, 1.807) is 0 Å². The third-order valence-electron chi connectivity index (χ3n) is 2.91. The minimum absolute atomic E-state index is 1.07. The van der Waals surface area contributed by atoms with Gasteiger partial charge in [-0.15, -0.1) is 0 Å². The molecule has 0 aliphatic heterocycles. The van der Waals surface area contributed by atoms with Gasteiger partial charge < -0.3 is 0 Å². The topological polar surface area (TPSA) is 0 Å². The average Bonchev–Trinajstić information content (AvgIpc) is 2.36. The third kappa shape index (κ3) is 2.13. The Kier molecular flexibility index (Phi) is 3.61. The summed E-state index contributed by atoms with van der Waals surface area (Å²) < 4.78 is 1.34. The molecule has 0 saturated heterocycles. The summed E-state index contributed by atoms with van der Waals surface area (Å²) in [4.78, 5) is 0. The molecule has 16 heavy (non-hydrogen) atoms. The number of halogens is 1. The van der Waals surface area contributed by atoms with Crippen molar-refractivity contribution in [2.24, 2.45) is 0 Å². The normalized spacial score (nSPS) is 12.9. The Morgan fingerprint density at radius 3 is 2.56 bits per heavy atom. The van der Waals surface area contributed by atoms with Crippen molar-refractivity contribution < 1.29 is 0 Å².